The number of aromatic nitrogens is 3. The molecule has 0 radical (unpaired) electrons. The Labute approximate surface area is 114 Å². The van der Waals surface area contributed by atoms with Crippen LogP contribution < -0.4 is 5.32 Å². The molecule has 3 unspecified atom stereocenters. The first-order valence-electron chi connectivity index (χ1n) is 7.05. The van der Waals surface area contributed by atoms with Crippen molar-refractivity contribution in [3.8, 4) is 0 Å². The maximum atomic E-state index is 12.6. The number of nitrogens with one attached hydrogen (secondary N) is 1. The molecule has 0 spiro atoms. The lowest BCUT2D eigenvalue weighted by molar-refractivity contribution is -0.138. The highest BCUT2D eigenvalue weighted by Crippen LogP contribution is 2.17. The molecular weight excluding hydrogens is 242 g/mol. The number of hydrogen-bond acceptors (Lipinski definition) is 4. The Morgan fingerprint density at radius 1 is 1.47 bits per heavy atom. The summed E-state index contributed by atoms with van der Waals surface area (Å²) in [6.07, 6.45) is 5.08. The van der Waals surface area contributed by atoms with Gasteiger partial charge in [-0.3, -0.25) is 4.79 Å². The number of carbonyl (C=O) groups excluding carboxylic acids is 1. The van der Waals surface area contributed by atoms with Crippen molar-refractivity contribution in [2.45, 2.75) is 51.7 Å². The quantitative estimate of drug-likeness (QED) is 0.876. The van der Waals surface area contributed by atoms with Gasteiger partial charge in [-0.05, 0) is 19.8 Å². The number of hydrogen-bond donors (Lipinski definition) is 1. The molecule has 2 rings (SSSR count). The van der Waals surface area contributed by atoms with Crippen molar-refractivity contribution in [2.75, 3.05) is 13.1 Å². The number of carbonyl (C=O) groups is 1. The van der Waals surface area contributed by atoms with Crippen LogP contribution in [0.1, 0.15) is 39.7 Å². The van der Waals surface area contributed by atoms with Crippen molar-refractivity contribution in [1.29, 1.82) is 0 Å². The van der Waals surface area contributed by atoms with Crippen LogP contribution in [0.25, 0.3) is 0 Å². The van der Waals surface area contributed by atoms with Gasteiger partial charge in [-0.25, -0.2) is 9.67 Å². The first-order valence-corrected chi connectivity index (χ1v) is 7.05. The molecule has 1 aliphatic heterocycles. The average Bonchev–Trinajstić information content (AvgIpc) is 2.99. The van der Waals surface area contributed by atoms with Crippen LogP contribution in [-0.2, 0) is 4.79 Å². The Kier molecular flexibility index (Phi) is 4.52. The molecule has 6 heteroatoms. The lowest BCUT2D eigenvalue weighted by Crippen LogP contribution is -2.59. The maximum absolute atomic E-state index is 12.6. The third kappa shape index (κ3) is 2.94. The van der Waals surface area contributed by atoms with Crippen molar-refractivity contribution in [3.63, 3.8) is 0 Å². The van der Waals surface area contributed by atoms with Crippen LogP contribution in [-0.4, -0.2) is 50.7 Å². The predicted octanol–water partition coefficient (Wildman–Crippen LogP) is 0.828. The Bertz CT molecular complexity index is 405. The monoisotopic (exact) mass is 265 g/mol. The van der Waals surface area contributed by atoms with E-state index in [9.17, 15) is 4.79 Å². The second kappa shape index (κ2) is 6.14. The smallest absolute Gasteiger partial charge is 0.247 e. The Morgan fingerprint density at radius 2 is 2.26 bits per heavy atom. The van der Waals surface area contributed by atoms with E-state index in [2.05, 4.69) is 29.2 Å². The van der Waals surface area contributed by atoms with Crippen LogP contribution in [0.3, 0.4) is 0 Å². The number of piperazine rings is 1. The second-order valence-corrected chi connectivity index (χ2v) is 5.12. The topological polar surface area (TPSA) is 63.1 Å². The van der Waals surface area contributed by atoms with Crippen molar-refractivity contribution in [3.05, 3.63) is 12.7 Å². The van der Waals surface area contributed by atoms with Crippen LogP contribution in [0.2, 0.25) is 0 Å². The molecule has 1 aromatic heterocycles. The summed E-state index contributed by atoms with van der Waals surface area (Å²) in [6.45, 7) is 7.82. The first kappa shape index (κ1) is 14.0. The molecule has 2 heterocycles. The zero-order valence-corrected chi connectivity index (χ0v) is 11.9. The van der Waals surface area contributed by atoms with E-state index in [0.717, 1.165) is 25.9 Å². The van der Waals surface area contributed by atoms with Crippen LogP contribution in [0.15, 0.2) is 12.7 Å². The average molecular weight is 265 g/mol. The van der Waals surface area contributed by atoms with Gasteiger partial charge in [0.2, 0.25) is 5.91 Å². The van der Waals surface area contributed by atoms with Gasteiger partial charge in [-0.1, -0.05) is 13.8 Å². The largest absolute Gasteiger partial charge is 0.335 e. The van der Waals surface area contributed by atoms with Gasteiger partial charge in [0.1, 0.15) is 18.7 Å². The van der Waals surface area contributed by atoms with Crippen molar-refractivity contribution < 1.29 is 4.79 Å². The van der Waals surface area contributed by atoms with E-state index in [-0.39, 0.29) is 18.0 Å². The van der Waals surface area contributed by atoms with Crippen LogP contribution in [0.5, 0.6) is 0 Å². The molecule has 106 valence electrons. The molecule has 0 saturated carbocycles. The summed E-state index contributed by atoms with van der Waals surface area (Å²) in [5.41, 5.74) is 0. The number of amides is 1. The van der Waals surface area contributed by atoms with Crippen molar-refractivity contribution in [1.82, 2.24) is 25.0 Å². The minimum absolute atomic E-state index is 0.136. The third-order valence-corrected chi connectivity index (χ3v) is 3.94. The van der Waals surface area contributed by atoms with Gasteiger partial charge >= 0.3 is 0 Å². The molecular formula is C13H23N5O. The highest BCUT2D eigenvalue weighted by molar-refractivity contribution is 5.80. The van der Waals surface area contributed by atoms with E-state index >= 15 is 0 Å². The van der Waals surface area contributed by atoms with Gasteiger partial charge in [0.05, 0.1) is 0 Å². The molecule has 0 aliphatic carbocycles. The first-order chi connectivity index (χ1) is 9.17. The highest BCUT2D eigenvalue weighted by atomic mass is 16.2. The Balaban J connectivity index is 2.10. The zero-order valence-electron chi connectivity index (χ0n) is 11.9. The fourth-order valence-electron chi connectivity index (χ4n) is 2.54. The molecule has 1 amide bonds. The van der Waals surface area contributed by atoms with E-state index in [1.165, 1.54) is 6.33 Å². The van der Waals surface area contributed by atoms with E-state index in [4.69, 9.17) is 0 Å². The molecule has 0 aromatic carbocycles. The zero-order chi connectivity index (χ0) is 13.8. The van der Waals surface area contributed by atoms with Gasteiger partial charge < -0.3 is 10.2 Å². The van der Waals surface area contributed by atoms with E-state index < -0.39 is 0 Å². The van der Waals surface area contributed by atoms with Gasteiger partial charge in [0.25, 0.3) is 0 Å². The SMILES string of the molecule is CCC1CN(C(=O)C(C)n2cncn2)C(CC)CN1. The fraction of sp³-hybridized carbons (Fsp3) is 0.769. The normalized spacial score (nSPS) is 25.3. The van der Waals surface area contributed by atoms with Gasteiger partial charge in [-0.15, -0.1) is 0 Å². The lowest BCUT2D eigenvalue weighted by Gasteiger charge is -2.41. The summed E-state index contributed by atoms with van der Waals surface area (Å²) in [5.74, 6) is 0.136. The molecule has 1 aromatic rings. The molecule has 3 atom stereocenters. The van der Waals surface area contributed by atoms with Crippen LogP contribution in [0, 0.1) is 0 Å². The van der Waals surface area contributed by atoms with Crippen molar-refractivity contribution in [2.24, 2.45) is 0 Å². The van der Waals surface area contributed by atoms with Crippen LogP contribution in [0.4, 0.5) is 0 Å². The van der Waals surface area contributed by atoms with E-state index in [0.29, 0.717) is 6.04 Å². The van der Waals surface area contributed by atoms with Crippen LogP contribution >= 0.6 is 0 Å². The lowest BCUT2D eigenvalue weighted by atomic mass is 10.0. The summed E-state index contributed by atoms with van der Waals surface area (Å²) >= 11 is 0. The highest BCUT2D eigenvalue weighted by Gasteiger charge is 2.32. The molecule has 0 bridgehead atoms. The summed E-state index contributed by atoms with van der Waals surface area (Å²) in [4.78, 5) is 18.6. The summed E-state index contributed by atoms with van der Waals surface area (Å²) in [6, 6.07) is 0.392. The molecule has 1 saturated heterocycles. The predicted molar refractivity (Wildman–Crippen MR) is 72.6 cm³/mol. The standard InChI is InChI=1S/C13H23N5O/c1-4-11-7-17(12(5-2)6-15-11)13(19)10(3)18-9-14-8-16-18/h8-12,15H,4-7H2,1-3H3. The third-order valence-electron chi connectivity index (χ3n) is 3.94. The van der Waals surface area contributed by atoms with Gasteiger partial charge in [0.15, 0.2) is 0 Å². The number of rotatable bonds is 4. The van der Waals surface area contributed by atoms with Crippen molar-refractivity contribution >= 4 is 5.91 Å². The Hall–Kier alpha value is -1.43. The minimum atomic E-state index is -0.285. The fourth-order valence-corrected chi connectivity index (χ4v) is 2.54. The number of nitrogens with zero attached hydrogens (tertiary/aromatic N) is 4. The van der Waals surface area contributed by atoms with Gasteiger partial charge in [0, 0.05) is 25.2 Å². The maximum Gasteiger partial charge on any atom is 0.247 e. The molecule has 6 nitrogen and oxygen atoms in total. The summed E-state index contributed by atoms with van der Waals surface area (Å²) in [5, 5.41) is 7.56. The summed E-state index contributed by atoms with van der Waals surface area (Å²) in [7, 11) is 0. The molecule has 19 heavy (non-hydrogen) atoms. The minimum Gasteiger partial charge on any atom is -0.335 e. The Morgan fingerprint density at radius 3 is 2.84 bits per heavy atom. The van der Waals surface area contributed by atoms with Gasteiger partial charge in [-0.2, -0.15) is 5.10 Å². The second-order valence-electron chi connectivity index (χ2n) is 5.12. The van der Waals surface area contributed by atoms with E-state index in [1.54, 1.807) is 11.0 Å². The molecule has 1 N–H and O–H groups in total. The molecule has 1 aliphatic rings. The summed E-state index contributed by atoms with van der Waals surface area (Å²) < 4.78 is 1.62. The van der Waals surface area contributed by atoms with E-state index in [1.807, 2.05) is 11.8 Å². The molecule has 1 fully saturated rings.